The SMILES string of the molecule is Cc1c(F)c(C(=O)N[C@H]2COc3ccccc3N(C)C2=O)nn1Cc1ccccc1. The molecule has 1 aliphatic heterocycles. The van der Waals surface area contributed by atoms with Crippen molar-refractivity contribution in [1.82, 2.24) is 15.1 Å². The number of halogens is 1. The van der Waals surface area contributed by atoms with E-state index in [1.165, 1.54) is 9.58 Å². The summed E-state index contributed by atoms with van der Waals surface area (Å²) in [7, 11) is 1.61. The summed E-state index contributed by atoms with van der Waals surface area (Å²) in [6.45, 7) is 1.84. The summed E-state index contributed by atoms with van der Waals surface area (Å²) in [6.07, 6.45) is 0. The third-order valence-corrected chi connectivity index (χ3v) is 5.09. The topological polar surface area (TPSA) is 76.5 Å². The number of ether oxygens (including phenoxy) is 1. The van der Waals surface area contributed by atoms with Gasteiger partial charge in [0.2, 0.25) is 0 Å². The number of hydrogen-bond acceptors (Lipinski definition) is 4. The van der Waals surface area contributed by atoms with Crippen LogP contribution in [0.15, 0.2) is 54.6 Å². The van der Waals surface area contributed by atoms with E-state index in [0.29, 0.717) is 18.0 Å². The van der Waals surface area contributed by atoms with Gasteiger partial charge in [0, 0.05) is 7.05 Å². The molecule has 154 valence electrons. The van der Waals surface area contributed by atoms with Crippen LogP contribution >= 0.6 is 0 Å². The molecule has 30 heavy (non-hydrogen) atoms. The predicted octanol–water partition coefficient (Wildman–Crippen LogP) is 2.53. The van der Waals surface area contributed by atoms with Crippen LogP contribution in [0.2, 0.25) is 0 Å². The van der Waals surface area contributed by atoms with E-state index in [0.717, 1.165) is 5.56 Å². The summed E-state index contributed by atoms with van der Waals surface area (Å²) in [4.78, 5) is 26.9. The van der Waals surface area contributed by atoms with Crippen LogP contribution in [-0.4, -0.2) is 41.3 Å². The summed E-state index contributed by atoms with van der Waals surface area (Å²) >= 11 is 0. The van der Waals surface area contributed by atoms with Gasteiger partial charge in [-0.3, -0.25) is 14.3 Å². The Hall–Kier alpha value is -3.68. The molecule has 7 nitrogen and oxygen atoms in total. The molecule has 0 radical (unpaired) electrons. The van der Waals surface area contributed by atoms with E-state index in [9.17, 15) is 14.0 Å². The number of aromatic nitrogens is 2. The zero-order valence-electron chi connectivity index (χ0n) is 16.6. The zero-order chi connectivity index (χ0) is 21.3. The highest BCUT2D eigenvalue weighted by molar-refractivity contribution is 6.02. The van der Waals surface area contributed by atoms with Gasteiger partial charge < -0.3 is 15.0 Å². The van der Waals surface area contributed by atoms with Gasteiger partial charge in [-0.2, -0.15) is 5.10 Å². The van der Waals surface area contributed by atoms with Crippen LogP contribution in [-0.2, 0) is 11.3 Å². The van der Waals surface area contributed by atoms with E-state index in [2.05, 4.69) is 10.4 Å². The van der Waals surface area contributed by atoms with Crippen LogP contribution in [0.5, 0.6) is 5.75 Å². The van der Waals surface area contributed by atoms with Crippen LogP contribution in [0, 0.1) is 12.7 Å². The maximum atomic E-state index is 14.7. The first-order valence-electron chi connectivity index (χ1n) is 9.53. The van der Waals surface area contributed by atoms with Crippen LogP contribution in [0.4, 0.5) is 10.1 Å². The number of anilines is 1. The number of nitrogens with one attached hydrogen (secondary N) is 1. The summed E-state index contributed by atoms with van der Waals surface area (Å²) in [5, 5.41) is 6.71. The van der Waals surface area contributed by atoms with E-state index in [-0.39, 0.29) is 23.9 Å². The molecule has 8 heteroatoms. The molecule has 0 saturated carbocycles. The molecule has 1 aromatic heterocycles. The fourth-order valence-electron chi connectivity index (χ4n) is 3.36. The number of carbonyl (C=O) groups excluding carboxylic acids is 2. The van der Waals surface area contributed by atoms with Crippen molar-refractivity contribution < 1.29 is 18.7 Å². The molecule has 1 atom stereocenters. The summed E-state index contributed by atoms with van der Waals surface area (Å²) in [5.41, 5.74) is 1.44. The third kappa shape index (κ3) is 3.63. The first kappa shape index (κ1) is 19.6. The highest BCUT2D eigenvalue weighted by Gasteiger charge is 2.32. The molecular formula is C22H21FN4O3. The zero-order valence-corrected chi connectivity index (χ0v) is 16.6. The minimum atomic E-state index is -0.964. The fraction of sp³-hybridized carbons (Fsp3) is 0.227. The maximum absolute atomic E-state index is 14.7. The van der Waals surface area contributed by atoms with Gasteiger partial charge >= 0.3 is 0 Å². The largest absolute Gasteiger partial charge is 0.489 e. The Morgan fingerprint density at radius 3 is 2.67 bits per heavy atom. The van der Waals surface area contributed by atoms with Crippen molar-refractivity contribution in [3.05, 3.63) is 77.4 Å². The number of amides is 2. The molecule has 2 heterocycles. The van der Waals surface area contributed by atoms with Crippen molar-refractivity contribution in [2.24, 2.45) is 0 Å². The number of carbonyl (C=O) groups is 2. The van der Waals surface area contributed by atoms with E-state index in [1.54, 1.807) is 38.2 Å². The van der Waals surface area contributed by atoms with E-state index in [1.807, 2.05) is 30.3 Å². The molecule has 3 aromatic rings. The highest BCUT2D eigenvalue weighted by Crippen LogP contribution is 2.29. The first-order chi connectivity index (χ1) is 14.5. The van der Waals surface area contributed by atoms with Crippen molar-refractivity contribution in [2.75, 3.05) is 18.6 Å². The van der Waals surface area contributed by atoms with E-state index in [4.69, 9.17) is 4.74 Å². The molecule has 0 fully saturated rings. The monoisotopic (exact) mass is 408 g/mol. The molecule has 0 saturated heterocycles. The number of likely N-dealkylation sites (N-methyl/N-ethyl adjacent to an activating group) is 1. The second kappa shape index (κ2) is 7.98. The molecule has 0 spiro atoms. The smallest absolute Gasteiger partial charge is 0.275 e. The fourth-order valence-corrected chi connectivity index (χ4v) is 3.36. The number of fused-ring (bicyclic) bond motifs is 1. The Morgan fingerprint density at radius 1 is 1.20 bits per heavy atom. The Kier molecular flexibility index (Phi) is 5.22. The highest BCUT2D eigenvalue weighted by atomic mass is 19.1. The third-order valence-electron chi connectivity index (χ3n) is 5.09. The Balaban J connectivity index is 1.53. The van der Waals surface area contributed by atoms with Gasteiger partial charge in [-0.1, -0.05) is 42.5 Å². The Labute approximate surface area is 173 Å². The van der Waals surface area contributed by atoms with Gasteiger partial charge in [0.15, 0.2) is 11.5 Å². The lowest BCUT2D eigenvalue weighted by Crippen LogP contribution is -2.49. The van der Waals surface area contributed by atoms with E-state index >= 15 is 0 Å². The lowest BCUT2D eigenvalue weighted by atomic mass is 10.2. The lowest BCUT2D eigenvalue weighted by Gasteiger charge is -2.20. The molecule has 1 N–H and O–H groups in total. The predicted molar refractivity (Wildman–Crippen MR) is 109 cm³/mol. The average Bonchev–Trinajstić information content (AvgIpc) is 2.98. The second-order valence-electron chi connectivity index (χ2n) is 7.09. The number of para-hydroxylation sites is 2. The Bertz CT molecular complexity index is 1100. The molecule has 2 amide bonds. The van der Waals surface area contributed by atoms with Crippen LogP contribution in [0.25, 0.3) is 0 Å². The molecule has 0 bridgehead atoms. The van der Waals surface area contributed by atoms with Crippen molar-refractivity contribution in [2.45, 2.75) is 19.5 Å². The molecule has 4 rings (SSSR count). The van der Waals surface area contributed by atoms with Crippen LogP contribution in [0.3, 0.4) is 0 Å². The normalized spacial score (nSPS) is 15.9. The van der Waals surface area contributed by atoms with Gasteiger partial charge in [0.05, 0.1) is 17.9 Å². The molecule has 2 aromatic carbocycles. The summed E-state index contributed by atoms with van der Waals surface area (Å²) in [6, 6.07) is 15.6. The summed E-state index contributed by atoms with van der Waals surface area (Å²) in [5.74, 6) is -1.28. The van der Waals surface area contributed by atoms with E-state index < -0.39 is 17.8 Å². The number of rotatable bonds is 4. The van der Waals surface area contributed by atoms with Crippen molar-refractivity contribution in [1.29, 1.82) is 0 Å². The Morgan fingerprint density at radius 2 is 1.90 bits per heavy atom. The molecular weight excluding hydrogens is 387 g/mol. The molecule has 0 unspecified atom stereocenters. The number of hydrogen-bond donors (Lipinski definition) is 1. The van der Waals surface area contributed by atoms with Crippen LogP contribution in [0.1, 0.15) is 21.7 Å². The van der Waals surface area contributed by atoms with Crippen LogP contribution < -0.4 is 15.0 Å². The van der Waals surface area contributed by atoms with Gasteiger partial charge in [0.1, 0.15) is 18.4 Å². The van der Waals surface area contributed by atoms with Gasteiger partial charge in [-0.15, -0.1) is 0 Å². The second-order valence-corrected chi connectivity index (χ2v) is 7.09. The van der Waals surface area contributed by atoms with Gasteiger partial charge in [-0.25, -0.2) is 4.39 Å². The first-order valence-corrected chi connectivity index (χ1v) is 9.53. The lowest BCUT2D eigenvalue weighted by molar-refractivity contribution is -0.120. The van der Waals surface area contributed by atoms with Crippen molar-refractivity contribution >= 4 is 17.5 Å². The van der Waals surface area contributed by atoms with Crippen molar-refractivity contribution in [3.8, 4) is 5.75 Å². The van der Waals surface area contributed by atoms with Gasteiger partial charge in [-0.05, 0) is 24.6 Å². The molecule has 0 aliphatic carbocycles. The van der Waals surface area contributed by atoms with Gasteiger partial charge in [0.25, 0.3) is 11.8 Å². The number of nitrogens with zero attached hydrogens (tertiary/aromatic N) is 3. The maximum Gasteiger partial charge on any atom is 0.275 e. The molecule has 1 aliphatic rings. The van der Waals surface area contributed by atoms with Crippen molar-refractivity contribution in [3.63, 3.8) is 0 Å². The standard InChI is InChI=1S/C22H21FN4O3/c1-14-19(23)20(25-27(14)12-15-8-4-3-5-9-15)21(28)24-16-13-30-18-11-7-6-10-17(18)26(2)22(16)29/h3-11,16H,12-13H2,1-2H3,(H,24,28)/t16-/m0/s1. The average molecular weight is 408 g/mol. The summed E-state index contributed by atoms with van der Waals surface area (Å²) < 4.78 is 21.8. The number of benzene rings is 2. The quantitative estimate of drug-likeness (QED) is 0.720. The minimum Gasteiger partial charge on any atom is -0.489 e. The minimum absolute atomic E-state index is 0.0583.